The maximum absolute atomic E-state index is 11.9. The molecule has 104 valence electrons. The number of nitrogens with one attached hydrogen (secondary N) is 1. The number of halogens is 1. The molecular formula is C13H12IN3O3. The summed E-state index contributed by atoms with van der Waals surface area (Å²) in [5.74, 6) is 0.369. The number of hydrogen-bond donors (Lipinski definition) is 1. The van der Waals surface area contributed by atoms with Gasteiger partial charge in [-0.05, 0) is 41.5 Å². The lowest BCUT2D eigenvalue weighted by atomic mass is 10.1. The van der Waals surface area contributed by atoms with Gasteiger partial charge in [0.15, 0.2) is 0 Å². The van der Waals surface area contributed by atoms with Crippen molar-refractivity contribution in [3.8, 4) is 11.4 Å². The van der Waals surface area contributed by atoms with E-state index in [1.54, 1.807) is 6.07 Å². The molecule has 1 heterocycles. The Bertz CT molecular complexity index is 740. The molecule has 0 spiro atoms. The lowest BCUT2D eigenvalue weighted by Crippen LogP contribution is -2.16. The first-order valence-corrected chi connectivity index (χ1v) is 7.06. The van der Waals surface area contributed by atoms with Gasteiger partial charge in [-0.2, -0.15) is 0 Å². The van der Waals surface area contributed by atoms with Crippen molar-refractivity contribution in [3.63, 3.8) is 0 Å². The molecule has 0 radical (unpaired) electrons. The topological polar surface area (TPSA) is 88.9 Å². The average molecular weight is 385 g/mol. The Morgan fingerprint density at radius 2 is 2.15 bits per heavy atom. The number of H-pyrrole nitrogens is 1. The van der Waals surface area contributed by atoms with E-state index in [2.05, 4.69) is 9.97 Å². The van der Waals surface area contributed by atoms with Crippen molar-refractivity contribution in [2.75, 3.05) is 0 Å². The lowest BCUT2D eigenvalue weighted by molar-refractivity contribution is -0.384. The second kappa shape index (κ2) is 5.70. The molecule has 1 N–H and O–H groups in total. The summed E-state index contributed by atoms with van der Waals surface area (Å²) in [7, 11) is 0. The molecule has 1 aromatic carbocycles. The largest absolute Gasteiger partial charge is 0.306 e. The van der Waals surface area contributed by atoms with Crippen LogP contribution < -0.4 is 5.56 Å². The first-order chi connectivity index (χ1) is 9.43. The van der Waals surface area contributed by atoms with E-state index in [-0.39, 0.29) is 11.2 Å². The van der Waals surface area contributed by atoms with Crippen molar-refractivity contribution in [3.05, 3.63) is 53.5 Å². The highest BCUT2D eigenvalue weighted by Gasteiger charge is 2.14. The minimum Gasteiger partial charge on any atom is -0.306 e. The van der Waals surface area contributed by atoms with E-state index >= 15 is 0 Å². The van der Waals surface area contributed by atoms with Crippen LogP contribution in [-0.4, -0.2) is 14.9 Å². The van der Waals surface area contributed by atoms with Crippen LogP contribution in [0.5, 0.6) is 0 Å². The van der Waals surface area contributed by atoms with Crippen molar-refractivity contribution in [1.82, 2.24) is 9.97 Å². The summed E-state index contributed by atoms with van der Waals surface area (Å²) in [5.41, 5.74) is 1.84. The maximum atomic E-state index is 11.9. The lowest BCUT2D eigenvalue weighted by Gasteiger charge is -2.07. The fourth-order valence-corrected chi connectivity index (χ4v) is 2.48. The van der Waals surface area contributed by atoms with Crippen molar-refractivity contribution >= 4 is 28.3 Å². The predicted molar refractivity (Wildman–Crippen MR) is 83.8 cm³/mol. The Kier molecular flexibility index (Phi) is 4.17. The fraction of sp³-hybridized carbons (Fsp3) is 0.231. The second-order valence-corrected chi connectivity index (χ2v) is 5.36. The molecule has 0 aliphatic rings. The Balaban J connectivity index is 2.68. The van der Waals surface area contributed by atoms with Gasteiger partial charge in [-0.25, -0.2) is 4.98 Å². The first kappa shape index (κ1) is 14.6. The minimum atomic E-state index is -0.464. The third kappa shape index (κ3) is 2.72. The molecule has 20 heavy (non-hydrogen) atoms. The van der Waals surface area contributed by atoms with Crippen LogP contribution in [0, 0.1) is 20.6 Å². The fourth-order valence-electron chi connectivity index (χ4n) is 1.85. The SMILES string of the molecule is CCc1nc(-c2cc([N+](=O)[O-])ccc2C)[nH]c(=O)c1I. The Morgan fingerprint density at radius 3 is 2.75 bits per heavy atom. The molecule has 2 aromatic rings. The number of non-ortho nitro benzene ring substituents is 1. The van der Waals surface area contributed by atoms with E-state index in [0.29, 0.717) is 27.1 Å². The van der Waals surface area contributed by atoms with E-state index < -0.39 is 4.92 Å². The third-order valence-electron chi connectivity index (χ3n) is 2.95. The van der Waals surface area contributed by atoms with Crippen LogP contribution in [0.25, 0.3) is 11.4 Å². The van der Waals surface area contributed by atoms with Crippen LogP contribution >= 0.6 is 22.6 Å². The summed E-state index contributed by atoms with van der Waals surface area (Å²) in [6, 6.07) is 4.52. The zero-order valence-corrected chi connectivity index (χ0v) is 13.1. The number of nitro groups is 1. The van der Waals surface area contributed by atoms with E-state index in [9.17, 15) is 14.9 Å². The van der Waals surface area contributed by atoms with Crippen molar-refractivity contribution < 1.29 is 4.92 Å². The molecule has 6 nitrogen and oxygen atoms in total. The number of benzene rings is 1. The molecular weight excluding hydrogens is 373 g/mol. The molecule has 0 saturated heterocycles. The Hall–Kier alpha value is -1.77. The normalized spacial score (nSPS) is 10.6. The molecule has 7 heteroatoms. The molecule has 0 unspecified atom stereocenters. The van der Waals surface area contributed by atoms with Crippen molar-refractivity contribution in [2.45, 2.75) is 20.3 Å². The third-order valence-corrected chi connectivity index (χ3v) is 4.07. The van der Waals surface area contributed by atoms with E-state index in [0.717, 1.165) is 5.56 Å². The summed E-state index contributed by atoms with van der Waals surface area (Å²) in [6.07, 6.45) is 0.628. The van der Waals surface area contributed by atoms with Gasteiger partial charge in [-0.1, -0.05) is 13.0 Å². The van der Waals surface area contributed by atoms with Gasteiger partial charge in [0.2, 0.25) is 0 Å². The average Bonchev–Trinajstić information content (AvgIpc) is 2.42. The molecule has 0 aliphatic heterocycles. The highest BCUT2D eigenvalue weighted by atomic mass is 127. The monoisotopic (exact) mass is 385 g/mol. The van der Waals surface area contributed by atoms with Crippen LogP contribution in [0.2, 0.25) is 0 Å². The van der Waals surface area contributed by atoms with Crippen LogP contribution in [0.3, 0.4) is 0 Å². The molecule has 0 bridgehead atoms. The molecule has 0 saturated carbocycles. The van der Waals surface area contributed by atoms with E-state index in [1.807, 2.05) is 36.4 Å². The highest BCUT2D eigenvalue weighted by molar-refractivity contribution is 14.1. The Morgan fingerprint density at radius 1 is 1.45 bits per heavy atom. The molecule has 0 fully saturated rings. The summed E-state index contributed by atoms with van der Waals surface area (Å²) < 4.78 is 0.553. The second-order valence-electron chi connectivity index (χ2n) is 4.29. The summed E-state index contributed by atoms with van der Waals surface area (Å²) >= 11 is 1.95. The van der Waals surface area contributed by atoms with Gasteiger partial charge >= 0.3 is 0 Å². The van der Waals surface area contributed by atoms with Gasteiger partial charge in [-0.15, -0.1) is 0 Å². The molecule has 1 aromatic heterocycles. The van der Waals surface area contributed by atoms with Crippen LogP contribution in [-0.2, 0) is 6.42 Å². The smallest absolute Gasteiger partial charge is 0.270 e. The molecule has 0 aliphatic carbocycles. The predicted octanol–water partition coefficient (Wildman–Crippen LogP) is 2.82. The number of rotatable bonds is 3. The number of nitrogens with zero attached hydrogens (tertiary/aromatic N) is 2. The zero-order chi connectivity index (χ0) is 14.9. The molecule has 0 amide bonds. The number of hydrogen-bond acceptors (Lipinski definition) is 4. The number of aryl methyl sites for hydroxylation is 2. The summed E-state index contributed by atoms with van der Waals surface area (Å²) in [5, 5.41) is 10.9. The zero-order valence-electron chi connectivity index (χ0n) is 10.9. The van der Waals surface area contributed by atoms with Crippen LogP contribution in [0.15, 0.2) is 23.0 Å². The van der Waals surface area contributed by atoms with Crippen molar-refractivity contribution in [2.24, 2.45) is 0 Å². The van der Waals surface area contributed by atoms with E-state index in [4.69, 9.17) is 0 Å². The van der Waals surface area contributed by atoms with E-state index in [1.165, 1.54) is 12.1 Å². The number of aromatic nitrogens is 2. The van der Waals surface area contributed by atoms with Gasteiger partial charge in [0, 0.05) is 17.7 Å². The Labute approximate surface area is 128 Å². The quantitative estimate of drug-likeness (QED) is 0.500. The molecule has 0 atom stereocenters. The first-order valence-electron chi connectivity index (χ1n) is 5.98. The van der Waals surface area contributed by atoms with Gasteiger partial charge in [-0.3, -0.25) is 14.9 Å². The van der Waals surface area contributed by atoms with Gasteiger partial charge in [0.05, 0.1) is 14.2 Å². The number of nitro benzene ring substituents is 1. The van der Waals surface area contributed by atoms with Crippen molar-refractivity contribution in [1.29, 1.82) is 0 Å². The van der Waals surface area contributed by atoms with Gasteiger partial charge < -0.3 is 4.98 Å². The summed E-state index contributed by atoms with van der Waals surface area (Å²) in [6.45, 7) is 3.73. The van der Waals surface area contributed by atoms with Gasteiger partial charge in [0.25, 0.3) is 11.2 Å². The van der Waals surface area contributed by atoms with Gasteiger partial charge in [0.1, 0.15) is 5.82 Å². The van der Waals surface area contributed by atoms with Crippen LogP contribution in [0.4, 0.5) is 5.69 Å². The molecule has 2 rings (SSSR count). The highest BCUT2D eigenvalue weighted by Crippen LogP contribution is 2.25. The summed E-state index contributed by atoms with van der Waals surface area (Å²) in [4.78, 5) is 29.3. The minimum absolute atomic E-state index is 0.0233. The maximum Gasteiger partial charge on any atom is 0.270 e. The standard InChI is InChI=1S/C13H12IN3O3/c1-3-10-11(14)13(18)16-12(15-10)9-6-8(17(19)20)5-4-7(9)2/h4-6H,3H2,1-2H3,(H,15,16,18). The van der Waals surface area contributed by atoms with Crippen LogP contribution in [0.1, 0.15) is 18.2 Å². The number of aromatic amines is 1.